The lowest BCUT2D eigenvalue weighted by Gasteiger charge is -2.34. The first kappa shape index (κ1) is 13.2. The van der Waals surface area contributed by atoms with Crippen LogP contribution in [0.4, 0.5) is 0 Å². The Morgan fingerprint density at radius 1 is 1.50 bits per heavy atom. The molecule has 1 heterocycles. The topological polar surface area (TPSA) is 44.4 Å². The Morgan fingerprint density at radius 2 is 2.12 bits per heavy atom. The molecule has 2 N–H and O–H groups in total. The highest BCUT2D eigenvalue weighted by atomic mass is 16.2. The van der Waals surface area contributed by atoms with E-state index in [0.29, 0.717) is 6.54 Å². The maximum Gasteiger partial charge on any atom is 0.227 e. The summed E-state index contributed by atoms with van der Waals surface area (Å²) in [6.45, 7) is 13.0. The fourth-order valence-electron chi connectivity index (χ4n) is 1.90. The molecule has 0 unspecified atom stereocenters. The monoisotopic (exact) mass is 225 g/mol. The first-order valence-corrected chi connectivity index (χ1v) is 5.88. The van der Waals surface area contributed by atoms with Crippen LogP contribution in [0.2, 0.25) is 0 Å². The van der Waals surface area contributed by atoms with Crippen molar-refractivity contribution in [3.05, 3.63) is 12.7 Å². The summed E-state index contributed by atoms with van der Waals surface area (Å²) >= 11 is 0. The Balaban J connectivity index is 2.41. The molecule has 0 atom stereocenters. The Hall–Kier alpha value is -0.870. The van der Waals surface area contributed by atoms with E-state index in [0.717, 1.165) is 32.7 Å². The number of hydrogen-bond acceptors (Lipinski definition) is 3. The van der Waals surface area contributed by atoms with E-state index in [9.17, 15) is 4.79 Å². The molecule has 0 aliphatic carbocycles. The van der Waals surface area contributed by atoms with Crippen molar-refractivity contribution in [3.63, 3.8) is 0 Å². The van der Waals surface area contributed by atoms with Gasteiger partial charge in [-0.1, -0.05) is 6.08 Å². The van der Waals surface area contributed by atoms with Gasteiger partial charge in [0.25, 0.3) is 0 Å². The van der Waals surface area contributed by atoms with Crippen molar-refractivity contribution < 1.29 is 4.79 Å². The van der Waals surface area contributed by atoms with E-state index in [1.165, 1.54) is 0 Å². The number of carbonyl (C=O) groups is 1. The lowest BCUT2D eigenvalue weighted by atomic mass is 9.91. The molecule has 92 valence electrons. The fraction of sp³-hybridized carbons (Fsp3) is 0.750. The normalized spacial score (nSPS) is 18.1. The van der Waals surface area contributed by atoms with Crippen LogP contribution in [0.5, 0.6) is 0 Å². The van der Waals surface area contributed by atoms with E-state index in [-0.39, 0.29) is 11.3 Å². The minimum absolute atomic E-state index is 0.103. The van der Waals surface area contributed by atoms with Gasteiger partial charge in [-0.3, -0.25) is 9.69 Å². The van der Waals surface area contributed by atoms with Gasteiger partial charge in [-0.15, -0.1) is 6.58 Å². The number of hydrogen-bond donors (Lipinski definition) is 2. The Labute approximate surface area is 98.1 Å². The van der Waals surface area contributed by atoms with Gasteiger partial charge in [0.05, 0.1) is 5.41 Å². The molecular formula is C12H23N3O. The van der Waals surface area contributed by atoms with E-state index in [4.69, 9.17) is 0 Å². The number of nitrogens with zero attached hydrogens (tertiary/aromatic N) is 1. The second-order valence-corrected chi connectivity index (χ2v) is 4.91. The summed E-state index contributed by atoms with van der Waals surface area (Å²) in [6, 6.07) is 0. The standard InChI is InChI=1S/C12H23N3O/c1-4-5-14-11(16)12(2,3)10-15-8-6-13-7-9-15/h4,13H,1,5-10H2,2-3H3,(H,14,16). The van der Waals surface area contributed by atoms with Crippen LogP contribution in [0.15, 0.2) is 12.7 Å². The average molecular weight is 225 g/mol. The number of nitrogens with one attached hydrogen (secondary N) is 2. The largest absolute Gasteiger partial charge is 0.352 e. The summed E-state index contributed by atoms with van der Waals surface area (Å²) < 4.78 is 0. The van der Waals surface area contributed by atoms with Crippen LogP contribution in [0.3, 0.4) is 0 Å². The summed E-state index contributed by atoms with van der Waals surface area (Å²) in [5.41, 5.74) is -0.333. The summed E-state index contributed by atoms with van der Waals surface area (Å²) in [5.74, 6) is 0.103. The van der Waals surface area contributed by atoms with Gasteiger partial charge < -0.3 is 10.6 Å². The van der Waals surface area contributed by atoms with Gasteiger partial charge in [0, 0.05) is 39.3 Å². The molecule has 0 aromatic heterocycles. The molecular weight excluding hydrogens is 202 g/mol. The van der Waals surface area contributed by atoms with Crippen LogP contribution in [-0.2, 0) is 4.79 Å². The lowest BCUT2D eigenvalue weighted by molar-refractivity contribution is -0.130. The van der Waals surface area contributed by atoms with Crippen molar-refractivity contribution >= 4 is 5.91 Å². The summed E-state index contributed by atoms with van der Waals surface area (Å²) in [7, 11) is 0. The third kappa shape index (κ3) is 3.94. The van der Waals surface area contributed by atoms with Gasteiger partial charge in [-0.2, -0.15) is 0 Å². The molecule has 0 spiro atoms. The predicted molar refractivity (Wildman–Crippen MR) is 66.3 cm³/mol. The van der Waals surface area contributed by atoms with E-state index >= 15 is 0 Å². The molecule has 0 aromatic carbocycles. The Bertz CT molecular complexity index is 245. The summed E-state index contributed by atoms with van der Waals surface area (Å²) in [4.78, 5) is 14.2. The minimum Gasteiger partial charge on any atom is -0.352 e. The average Bonchev–Trinajstić information content (AvgIpc) is 2.26. The molecule has 0 radical (unpaired) electrons. The zero-order valence-electron chi connectivity index (χ0n) is 10.4. The van der Waals surface area contributed by atoms with Crippen molar-refractivity contribution in [3.8, 4) is 0 Å². The van der Waals surface area contributed by atoms with Crippen LogP contribution < -0.4 is 10.6 Å². The molecule has 1 aliphatic heterocycles. The van der Waals surface area contributed by atoms with E-state index in [1.54, 1.807) is 6.08 Å². The van der Waals surface area contributed by atoms with Gasteiger partial charge in [-0.05, 0) is 13.8 Å². The molecule has 4 heteroatoms. The molecule has 0 aromatic rings. The molecule has 4 nitrogen and oxygen atoms in total. The maximum absolute atomic E-state index is 11.9. The SMILES string of the molecule is C=CCNC(=O)C(C)(C)CN1CCNCC1. The van der Waals surface area contributed by atoms with Gasteiger partial charge in [-0.25, -0.2) is 0 Å². The molecule has 16 heavy (non-hydrogen) atoms. The Kier molecular flexibility index (Phi) is 4.96. The molecule has 1 rings (SSSR count). The summed E-state index contributed by atoms with van der Waals surface area (Å²) in [5, 5.41) is 6.17. The summed E-state index contributed by atoms with van der Waals surface area (Å²) in [6.07, 6.45) is 1.71. The van der Waals surface area contributed by atoms with Gasteiger partial charge in [0.2, 0.25) is 5.91 Å². The quantitative estimate of drug-likeness (QED) is 0.658. The van der Waals surface area contributed by atoms with Gasteiger partial charge in [0.15, 0.2) is 0 Å². The highest BCUT2D eigenvalue weighted by Gasteiger charge is 2.29. The van der Waals surface area contributed by atoms with E-state index < -0.39 is 0 Å². The molecule has 1 amide bonds. The Morgan fingerprint density at radius 3 is 2.69 bits per heavy atom. The minimum atomic E-state index is -0.333. The molecule has 1 aliphatic rings. The van der Waals surface area contributed by atoms with Crippen LogP contribution in [0, 0.1) is 5.41 Å². The zero-order valence-corrected chi connectivity index (χ0v) is 10.4. The van der Waals surface area contributed by atoms with Crippen molar-refractivity contribution in [2.24, 2.45) is 5.41 Å². The van der Waals surface area contributed by atoms with E-state index in [1.807, 2.05) is 13.8 Å². The van der Waals surface area contributed by atoms with Crippen molar-refractivity contribution in [2.45, 2.75) is 13.8 Å². The van der Waals surface area contributed by atoms with Crippen molar-refractivity contribution in [2.75, 3.05) is 39.3 Å². The van der Waals surface area contributed by atoms with Crippen LogP contribution in [0.25, 0.3) is 0 Å². The second-order valence-electron chi connectivity index (χ2n) is 4.91. The molecule has 0 saturated carbocycles. The number of rotatable bonds is 5. The first-order chi connectivity index (χ1) is 7.56. The molecule has 1 fully saturated rings. The number of carbonyl (C=O) groups excluding carboxylic acids is 1. The van der Waals surface area contributed by atoms with Gasteiger partial charge in [0.1, 0.15) is 0 Å². The smallest absolute Gasteiger partial charge is 0.227 e. The van der Waals surface area contributed by atoms with Crippen LogP contribution in [0.1, 0.15) is 13.8 Å². The molecule has 1 saturated heterocycles. The molecule has 0 bridgehead atoms. The van der Waals surface area contributed by atoms with Crippen molar-refractivity contribution in [1.82, 2.24) is 15.5 Å². The maximum atomic E-state index is 11.9. The van der Waals surface area contributed by atoms with Crippen molar-refractivity contribution in [1.29, 1.82) is 0 Å². The fourth-order valence-corrected chi connectivity index (χ4v) is 1.90. The highest BCUT2D eigenvalue weighted by Crippen LogP contribution is 2.17. The van der Waals surface area contributed by atoms with E-state index in [2.05, 4.69) is 22.1 Å². The van der Waals surface area contributed by atoms with Crippen LogP contribution in [-0.4, -0.2) is 50.1 Å². The number of amides is 1. The zero-order chi connectivity index (χ0) is 12.0. The third-order valence-corrected chi connectivity index (χ3v) is 2.85. The third-order valence-electron chi connectivity index (χ3n) is 2.85. The second kappa shape index (κ2) is 6.01. The predicted octanol–water partition coefficient (Wildman–Crippen LogP) is 0.220. The lowest BCUT2D eigenvalue weighted by Crippen LogP contribution is -2.50. The first-order valence-electron chi connectivity index (χ1n) is 5.88. The number of piperazine rings is 1. The van der Waals surface area contributed by atoms with Crippen LogP contribution >= 0.6 is 0 Å². The van der Waals surface area contributed by atoms with Gasteiger partial charge >= 0.3 is 0 Å². The highest BCUT2D eigenvalue weighted by molar-refractivity contribution is 5.82.